The number of benzene rings is 2. The molecule has 0 unspecified atom stereocenters. The number of aromatic nitrogens is 2. The van der Waals surface area contributed by atoms with Crippen molar-refractivity contribution in [2.24, 2.45) is 0 Å². The van der Waals surface area contributed by atoms with Crippen LogP contribution in [-0.4, -0.2) is 64.8 Å². The summed E-state index contributed by atoms with van der Waals surface area (Å²) < 4.78 is 19.5. The number of para-hydroxylation sites is 1. The van der Waals surface area contributed by atoms with E-state index in [4.69, 9.17) is 26.3 Å². The van der Waals surface area contributed by atoms with Crippen LogP contribution in [0.3, 0.4) is 0 Å². The number of fused-ring (bicyclic) bond motifs is 1. The van der Waals surface area contributed by atoms with Crippen LogP contribution in [0.15, 0.2) is 47.5 Å². The van der Waals surface area contributed by atoms with Crippen LogP contribution in [0.1, 0.15) is 11.4 Å². The first-order valence-electron chi connectivity index (χ1n) is 10.4. The van der Waals surface area contributed by atoms with E-state index in [0.717, 1.165) is 34.8 Å². The molecule has 0 bridgehead atoms. The van der Waals surface area contributed by atoms with Gasteiger partial charge in [0.25, 0.3) is 0 Å². The zero-order valence-corrected chi connectivity index (χ0v) is 19.3. The van der Waals surface area contributed by atoms with Gasteiger partial charge in [-0.1, -0.05) is 47.6 Å². The average Bonchev–Trinajstić information content (AvgIpc) is 2.80. The van der Waals surface area contributed by atoms with Gasteiger partial charge in [-0.3, -0.25) is 9.69 Å². The topological polar surface area (TPSA) is 58.6 Å². The quantitative estimate of drug-likeness (QED) is 0.381. The van der Waals surface area contributed by atoms with Crippen molar-refractivity contribution in [3.8, 4) is 0 Å². The highest BCUT2D eigenvalue weighted by Crippen LogP contribution is 2.27. The smallest absolute Gasteiger partial charge is 0.233 e. The van der Waals surface area contributed by atoms with Gasteiger partial charge in [0.05, 0.1) is 31.0 Å². The summed E-state index contributed by atoms with van der Waals surface area (Å²) in [5.74, 6) is 0.360. The van der Waals surface area contributed by atoms with Crippen LogP contribution in [0.2, 0.25) is 5.02 Å². The monoisotopic (exact) mass is 474 g/mol. The van der Waals surface area contributed by atoms with Crippen molar-refractivity contribution in [2.45, 2.75) is 18.1 Å². The van der Waals surface area contributed by atoms with Gasteiger partial charge in [-0.15, -0.1) is 0 Å². The number of carbonyl (C=O) groups excluding carboxylic acids is 1. The first-order chi connectivity index (χ1) is 15.5. The third kappa shape index (κ3) is 5.56. The Morgan fingerprint density at radius 1 is 1.19 bits per heavy atom. The molecule has 1 aliphatic heterocycles. The van der Waals surface area contributed by atoms with E-state index < -0.39 is 5.82 Å². The lowest BCUT2D eigenvalue weighted by atomic mass is 10.2. The highest BCUT2D eigenvalue weighted by atomic mass is 35.5. The highest BCUT2D eigenvalue weighted by Gasteiger charge is 2.18. The van der Waals surface area contributed by atoms with Crippen LogP contribution < -0.4 is 0 Å². The van der Waals surface area contributed by atoms with Gasteiger partial charge in [0.2, 0.25) is 5.91 Å². The summed E-state index contributed by atoms with van der Waals surface area (Å²) in [7, 11) is 1.65. The lowest BCUT2D eigenvalue weighted by Crippen LogP contribution is -2.36. The van der Waals surface area contributed by atoms with Crippen LogP contribution in [0.4, 0.5) is 4.39 Å². The van der Waals surface area contributed by atoms with E-state index in [1.807, 2.05) is 24.3 Å². The van der Waals surface area contributed by atoms with Crippen molar-refractivity contribution in [1.29, 1.82) is 0 Å². The zero-order valence-electron chi connectivity index (χ0n) is 17.8. The molecular formula is C23H24ClFN4O2S. The van der Waals surface area contributed by atoms with Crippen LogP contribution >= 0.6 is 23.4 Å². The maximum Gasteiger partial charge on any atom is 0.233 e. The number of thioether (sulfide) groups is 1. The molecule has 32 heavy (non-hydrogen) atoms. The van der Waals surface area contributed by atoms with Crippen LogP contribution in [0, 0.1) is 5.82 Å². The highest BCUT2D eigenvalue weighted by molar-refractivity contribution is 8.00. The molecule has 0 spiro atoms. The first kappa shape index (κ1) is 22.9. The minimum Gasteiger partial charge on any atom is -0.379 e. The minimum absolute atomic E-state index is 0.109. The number of nitrogens with zero attached hydrogens (tertiary/aromatic N) is 4. The van der Waals surface area contributed by atoms with E-state index in [2.05, 4.69) is 4.90 Å². The Labute approximate surface area is 195 Å². The molecule has 1 aliphatic rings. The molecule has 4 rings (SSSR count). The minimum atomic E-state index is -0.417. The van der Waals surface area contributed by atoms with Gasteiger partial charge in [-0.2, -0.15) is 0 Å². The molecule has 2 aromatic carbocycles. The van der Waals surface area contributed by atoms with Crippen molar-refractivity contribution in [2.75, 3.05) is 39.1 Å². The molecule has 6 nitrogen and oxygen atoms in total. The fourth-order valence-electron chi connectivity index (χ4n) is 3.48. The van der Waals surface area contributed by atoms with Gasteiger partial charge >= 0.3 is 0 Å². The predicted molar refractivity (Wildman–Crippen MR) is 124 cm³/mol. The maximum atomic E-state index is 14.1. The predicted octanol–water partition coefficient (Wildman–Crippen LogP) is 4.01. The van der Waals surface area contributed by atoms with E-state index >= 15 is 0 Å². The summed E-state index contributed by atoms with van der Waals surface area (Å²) in [5.41, 5.74) is 1.17. The first-order valence-corrected chi connectivity index (χ1v) is 11.7. The molecule has 2 heterocycles. The number of amides is 1. The fraction of sp³-hybridized carbons (Fsp3) is 0.348. The fourth-order valence-corrected chi connectivity index (χ4v) is 4.68. The van der Waals surface area contributed by atoms with E-state index in [-0.39, 0.29) is 18.2 Å². The van der Waals surface area contributed by atoms with Gasteiger partial charge < -0.3 is 9.64 Å². The molecule has 3 aromatic rings. The summed E-state index contributed by atoms with van der Waals surface area (Å²) in [6, 6.07) is 12.3. The molecule has 1 saturated heterocycles. The molecule has 0 atom stereocenters. The lowest BCUT2D eigenvalue weighted by Gasteiger charge is -2.26. The van der Waals surface area contributed by atoms with Crippen LogP contribution in [-0.2, 0) is 22.6 Å². The summed E-state index contributed by atoms with van der Waals surface area (Å²) in [5, 5.41) is 1.99. The summed E-state index contributed by atoms with van der Waals surface area (Å²) in [6.07, 6.45) is 0. The number of rotatable bonds is 7. The standard InChI is InChI=1S/C23H24ClFN4O2S/c1-28(13-17-18(24)6-4-7-19(17)25)22(30)15-32-23-16-5-2-3-8-20(16)26-21(27-23)14-29-9-11-31-12-10-29/h2-8H,9-15H2,1H3. The molecule has 1 fully saturated rings. The van der Waals surface area contributed by atoms with E-state index in [9.17, 15) is 9.18 Å². The van der Waals surface area contributed by atoms with Gasteiger partial charge in [-0.05, 0) is 18.2 Å². The number of halogens is 2. The molecular weight excluding hydrogens is 451 g/mol. The lowest BCUT2D eigenvalue weighted by molar-refractivity contribution is -0.127. The Balaban J connectivity index is 1.47. The molecule has 0 saturated carbocycles. The van der Waals surface area contributed by atoms with Crippen LogP contribution in [0.5, 0.6) is 0 Å². The van der Waals surface area contributed by atoms with Crippen LogP contribution in [0.25, 0.3) is 10.9 Å². The number of morpholine rings is 1. The van der Waals surface area contributed by atoms with Crippen molar-refractivity contribution < 1.29 is 13.9 Å². The summed E-state index contributed by atoms with van der Waals surface area (Å²) in [4.78, 5) is 26.0. The second kappa shape index (κ2) is 10.6. The molecule has 1 aromatic heterocycles. The SMILES string of the molecule is CN(Cc1c(F)cccc1Cl)C(=O)CSc1nc(CN2CCOCC2)nc2ccccc12. The molecule has 9 heteroatoms. The van der Waals surface area contributed by atoms with Gasteiger partial charge in [-0.25, -0.2) is 14.4 Å². The van der Waals surface area contributed by atoms with E-state index in [1.165, 1.54) is 22.7 Å². The number of carbonyl (C=O) groups is 1. The number of hydrogen-bond donors (Lipinski definition) is 0. The van der Waals surface area contributed by atoms with Gasteiger partial charge in [0.15, 0.2) is 0 Å². The van der Waals surface area contributed by atoms with Crippen molar-refractivity contribution >= 4 is 40.2 Å². The Bertz CT molecular complexity index is 1090. The third-order valence-electron chi connectivity index (χ3n) is 5.30. The normalized spacial score (nSPS) is 14.6. The van der Waals surface area contributed by atoms with E-state index in [1.54, 1.807) is 19.2 Å². The molecule has 0 radical (unpaired) electrons. The number of ether oxygens (including phenoxy) is 1. The number of hydrogen-bond acceptors (Lipinski definition) is 6. The Morgan fingerprint density at radius 3 is 2.75 bits per heavy atom. The Kier molecular flexibility index (Phi) is 7.57. The van der Waals surface area contributed by atoms with Gasteiger partial charge in [0, 0.05) is 42.7 Å². The molecule has 0 aliphatic carbocycles. The van der Waals surface area contributed by atoms with Crippen molar-refractivity contribution in [1.82, 2.24) is 19.8 Å². The largest absolute Gasteiger partial charge is 0.379 e. The average molecular weight is 475 g/mol. The molecule has 168 valence electrons. The third-order valence-corrected chi connectivity index (χ3v) is 6.63. The van der Waals surface area contributed by atoms with Crippen molar-refractivity contribution in [3.63, 3.8) is 0 Å². The van der Waals surface area contributed by atoms with E-state index in [0.29, 0.717) is 30.3 Å². The second-order valence-electron chi connectivity index (χ2n) is 7.59. The Hall–Kier alpha value is -2.26. The van der Waals surface area contributed by atoms with Gasteiger partial charge in [0.1, 0.15) is 16.7 Å². The summed E-state index contributed by atoms with van der Waals surface area (Å²) >= 11 is 7.47. The summed E-state index contributed by atoms with van der Waals surface area (Å²) in [6.45, 7) is 3.87. The van der Waals surface area contributed by atoms with Crippen molar-refractivity contribution in [3.05, 3.63) is 64.7 Å². The maximum absolute atomic E-state index is 14.1. The molecule has 1 amide bonds. The Morgan fingerprint density at radius 2 is 1.97 bits per heavy atom. The second-order valence-corrected chi connectivity index (χ2v) is 8.96. The zero-order chi connectivity index (χ0) is 22.5. The molecule has 0 N–H and O–H groups in total.